The number of hydrogen-bond acceptors (Lipinski definition) is 3. The molecule has 2 aromatic carbocycles. The summed E-state index contributed by atoms with van der Waals surface area (Å²) < 4.78 is 0. The highest BCUT2D eigenvalue weighted by Crippen LogP contribution is 2.26. The van der Waals surface area contributed by atoms with Gasteiger partial charge in [-0.25, -0.2) is 0 Å². The van der Waals surface area contributed by atoms with Crippen LogP contribution in [0.3, 0.4) is 0 Å². The summed E-state index contributed by atoms with van der Waals surface area (Å²) in [6.07, 6.45) is 4.34. The summed E-state index contributed by atoms with van der Waals surface area (Å²) in [5, 5.41) is 15.4. The Labute approximate surface area is 148 Å². The van der Waals surface area contributed by atoms with Crippen LogP contribution in [0.1, 0.15) is 42.4 Å². The summed E-state index contributed by atoms with van der Waals surface area (Å²) in [5.74, 6) is 0.324. The average Bonchev–Trinajstić information content (AvgIpc) is 3.17. The van der Waals surface area contributed by atoms with Crippen LogP contribution in [0.15, 0.2) is 48.5 Å². The molecule has 0 aromatic heterocycles. The molecule has 3 rings (SSSR count). The van der Waals surface area contributed by atoms with Crippen LogP contribution in [0.5, 0.6) is 0 Å². The molecular formula is C21H23N3O. The number of carbonyl (C=O) groups is 1. The molecule has 1 amide bonds. The Kier molecular flexibility index (Phi) is 5.81. The van der Waals surface area contributed by atoms with Crippen molar-refractivity contribution in [1.82, 2.24) is 5.32 Å². The molecular weight excluding hydrogens is 310 g/mol. The Morgan fingerprint density at radius 2 is 1.72 bits per heavy atom. The molecule has 0 heterocycles. The first-order chi connectivity index (χ1) is 12.2. The van der Waals surface area contributed by atoms with Crippen LogP contribution in [0.4, 0.5) is 5.69 Å². The highest BCUT2D eigenvalue weighted by atomic mass is 16.1. The molecule has 0 radical (unpaired) electrons. The minimum atomic E-state index is 0.149. The van der Waals surface area contributed by atoms with Crippen LogP contribution in [0.25, 0.3) is 0 Å². The molecule has 0 atom stereocenters. The summed E-state index contributed by atoms with van der Waals surface area (Å²) in [7, 11) is 0. The predicted octanol–water partition coefficient (Wildman–Crippen LogP) is 3.98. The van der Waals surface area contributed by atoms with Crippen molar-refractivity contribution in [3.05, 3.63) is 65.2 Å². The average molecular weight is 333 g/mol. The minimum absolute atomic E-state index is 0.149. The van der Waals surface area contributed by atoms with Gasteiger partial charge in [-0.1, -0.05) is 37.1 Å². The van der Waals surface area contributed by atoms with E-state index in [0.29, 0.717) is 18.7 Å². The Bertz CT molecular complexity index is 773. The van der Waals surface area contributed by atoms with Crippen LogP contribution < -0.4 is 10.6 Å². The zero-order valence-corrected chi connectivity index (χ0v) is 14.3. The van der Waals surface area contributed by atoms with Crippen LogP contribution in [-0.2, 0) is 17.9 Å². The lowest BCUT2D eigenvalue weighted by molar-refractivity contribution is -0.119. The molecule has 0 unspecified atom stereocenters. The van der Waals surface area contributed by atoms with Gasteiger partial charge in [0.2, 0.25) is 5.91 Å². The number of nitrogens with one attached hydrogen (secondary N) is 2. The van der Waals surface area contributed by atoms with Gasteiger partial charge in [0.05, 0.1) is 11.6 Å². The molecule has 2 N–H and O–H groups in total. The first-order valence-electron chi connectivity index (χ1n) is 8.84. The van der Waals surface area contributed by atoms with E-state index >= 15 is 0 Å². The van der Waals surface area contributed by atoms with Crippen molar-refractivity contribution in [2.24, 2.45) is 5.92 Å². The summed E-state index contributed by atoms with van der Waals surface area (Å²) in [6, 6.07) is 17.7. The van der Waals surface area contributed by atoms with E-state index in [1.54, 1.807) is 6.07 Å². The molecule has 1 aliphatic rings. The number of rotatable bonds is 6. The Balaban J connectivity index is 1.52. The van der Waals surface area contributed by atoms with Gasteiger partial charge in [0.1, 0.15) is 0 Å². The number of benzene rings is 2. The number of nitrogens with zero attached hydrogens (tertiary/aromatic N) is 1. The largest absolute Gasteiger partial charge is 0.326 e. The van der Waals surface area contributed by atoms with Crippen molar-refractivity contribution in [3.63, 3.8) is 0 Å². The second-order valence-electron chi connectivity index (χ2n) is 6.59. The third-order valence-electron chi connectivity index (χ3n) is 4.63. The Morgan fingerprint density at radius 3 is 2.44 bits per heavy atom. The third-order valence-corrected chi connectivity index (χ3v) is 4.63. The first kappa shape index (κ1) is 17.2. The quantitative estimate of drug-likeness (QED) is 0.840. The lowest BCUT2D eigenvalue weighted by Gasteiger charge is -2.12. The highest BCUT2D eigenvalue weighted by molar-refractivity contribution is 5.92. The normalized spacial score (nSPS) is 14.2. The van der Waals surface area contributed by atoms with Crippen molar-refractivity contribution >= 4 is 11.6 Å². The zero-order chi connectivity index (χ0) is 17.5. The third kappa shape index (κ3) is 4.91. The zero-order valence-electron chi connectivity index (χ0n) is 14.3. The van der Waals surface area contributed by atoms with E-state index in [4.69, 9.17) is 5.26 Å². The van der Waals surface area contributed by atoms with E-state index in [1.165, 1.54) is 0 Å². The monoisotopic (exact) mass is 333 g/mol. The van der Waals surface area contributed by atoms with Crippen LogP contribution in [0.2, 0.25) is 0 Å². The molecule has 128 valence electrons. The maximum Gasteiger partial charge on any atom is 0.227 e. The molecule has 2 aromatic rings. The Hall–Kier alpha value is -2.64. The van der Waals surface area contributed by atoms with Crippen molar-refractivity contribution < 1.29 is 4.79 Å². The molecule has 1 saturated carbocycles. The molecule has 4 nitrogen and oxygen atoms in total. The number of hydrogen-bond donors (Lipinski definition) is 2. The van der Waals surface area contributed by atoms with Gasteiger partial charge in [-0.3, -0.25) is 4.79 Å². The van der Waals surface area contributed by atoms with Gasteiger partial charge in [0.25, 0.3) is 0 Å². The van der Waals surface area contributed by atoms with Gasteiger partial charge >= 0.3 is 0 Å². The fourth-order valence-electron chi connectivity index (χ4n) is 3.29. The van der Waals surface area contributed by atoms with E-state index in [1.807, 2.05) is 42.5 Å². The molecule has 1 fully saturated rings. The van der Waals surface area contributed by atoms with Gasteiger partial charge in [0, 0.05) is 24.7 Å². The van der Waals surface area contributed by atoms with Gasteiger partial charge < -0.3 is 10.6 Å². The number of anilines is 1. The highest BCUT2D eigenvalue weighted by Gasteiger charge is 2.22. The number of carbonyl (C=O) groups excluding carboxylic acids is 1. The van der Waals surface area contributed by atoms with Crippen LogP contribution >= 0.6 is 0 Å². The first-order valence-corrected chi connectivity index (χ1v) is 8.84. The number of nitriles is 1. The summed E-state index contributed by atoms with van der Waals surface area (Å²) >= 11 is 0. The van der Waals surface area contributed by atoms with Crippen molar-refractivity contribution in [2.45, 2.75) is 38.8 Å². The predicted molar refractivity (Wildman–Crippen MR) is 98.7 cm³/mol. The number of amides is 1. The van der Waals surface area contributed by atoms with Crippen molar-refractivity contribution in [3.8, 4) is 6.07 Å². The van der Waals surface area contributed by atoms with E-state index in [0.717, 1.165) is 42.5 Å². The van der Waals surface area contributed by atoms with E-state index in [2.05, 4.69) is 16.7 Å². The summed E-state index contributed by atoms with van der Waals surface area (Å²) in [4.78, 5) is 12.2. The molecule has 4 heteroatoms. The van der Waals surface area contributed by atoms with Gasteiger partial charge in [-0.05, 0) is 48.2 Å². The van der Waals surface area contributed by atoms with E-state index in [9.17, 15) is 4.79 Å². The van der Waals surface area contributed by atoms with Crippen LogP contribution in [0, 0.1) is 17.2 Å². The lowest BCUT2D eigenvalue weighted by atomic mass is 10.1. The summed E-state index contributed by atoms with van der Waals surface area (Å²) in [5.41, 5.74) is 3.75. The fourth-order valence-corrected chi connectivity index (χ4v) is 3.29. The SMILES string of the molecule is N#Cc1cccc(CNCc2cccc(NC(=O)C3CCCC3)c2)c1. The molecule has 25 heavy (non-hydrogen) atoms. The molecule has 0 saturated heterocycles. The molecule has 0 spiro atoms. The second kappa shape index (κ2) is 8.46. The molecule has 1 aliphatic carbocycles. The second-order valence-corrected chi connectivity index (χ2v) is 6.59. The van der Waals surface area contributed by atoms with Crippen LogP contribution in [-0.4, -0.2) is 5.91 Å². The molecule has 0 aliphatic heterocycles. The van der Waals surface area contributed by atoms with E-state index in [-0.39, 0.29) is 11.8 Å². The Morgan fingerprint density at radius 1 is 1.04 bits per heavy atom. The maximum atomic E-state index is 12.2. The van der Waals surface area contributed by atoms with E-state index < -0.39 is 0 Å². The minimum Gasteiger partial charge on any atom is -0.326 e. The lowest BCUT2D eigenvalue weighted by Crippen LogP contribution is -2.20. The van der Waals surface area contributed by atoms with Gasteiger partial charge in [-0.2, -0.15) is 5.26 Å². The maximum absolute atomic E-state index is 12.2. The van der Waals surface area contributed by atoms with Crippen molar-refractivity contribution in [1.29, 1.82) is 5.26 Å². The fraction of sp³-hybridized carbons (Fsp3) is 0.333. The standard InChI is InChI=1S/C21H23N3O/c22-13-16-5-3-6-17(11-16)14-23-15-18-7-4-10-20(12-18)24-21(25)19-8-1-2-9-19/h3-7,10-12,19,23H,1-2,8-9,14-15H2,(H,24,25). The smallest absolute Gasteiger partial charge is 0.227 e. The summed E-state index contributed by atoms with van der Waals surface area (Å²) in [6.45, 7) is 1.41. The topological polar surface area (TPSA) is 64.9 Å². The van der Waals surface area contributed by atoms with Gasteiger partial charge in [0.15, 0.2) is 0 Å². The van der Waals surface area contributed by atoms with Gasteiger partial charge in [-0.15, -0.1) is 0 Å². The van der Waals surface area contributed by atoms with Crippen molar-refractivity contribution in [2.75, 3.05) is 5.32 Å². The molecule has 0 bridgehead atoms.